The van der Waals surface area contributed by atoms with Crippen LogP contribution in [0.25, 0.3) is 0 Å². The molecule has 2 aromatic carbocycles. The second kappa shape index (κ2) is 7.89. The number of benzene rings is 2. The third kappa shape index (κ3) is 3.97. The van der Waals surface area contributed by atoms with Crippen LogP contribution in [-0.2, 0) is 9.53 Å². The first kappa shape index (κ1) is 17.8. The van der Waals surface area contributed by atoms with Gasteiger partial charge in [0.05, 0.1) is 15.6 Å². The summed E-state index contributed by atoms with van der Waals surface area (Å²) < 4.78 is 5.56. The van der Waals surface area contributed by atoms with Gasteiger partial charge in [0, 0.05) is 18.7 Å². The molecule has 1 amide bonds. The molecule has 130 valence electrons. The molecule has 0 bridgehead atoms. The number of hydrogen-bond donors (Lipinski definition) is 0. The lowest BCUT2D eigenvalue weighted by molar-refractivity contribution is -0.140. The molecular formula is C19H17Cl2NO3. The zero-order valence-electron chi connectivity index (χ0n) is 13.5. The monoisotopic (exact) mass is 377 g/mol. The predicted molar refractivity (Wildman–Crippen MR) is 96.9 cm³/mol. The smallest absolute Gasteiger partial charge is 0.340 e. The van der Waals surface area contributed by atoms with Gasteiger partial charge in [0.15, 0.2) is 0 Å². The van der Waals surface area contributed by atoms with Gasteiger partial charge in [-0.05, 0) is 25.0 Å². The van der Waals surface area contributed by atoms with Gasteiger partial charge in [0.2, 0.25) is 6.10 Å². The summed E-state index contributed by atoms with van der Waals surface area (Å²) in [6, 6.07) is 13.7. The highest BCUT2D eigenvalue weighted by molar-refractivity contribution is 6.43. The minimum atomic E-state index is -0.998. The van der Waals surface area contributed by atoms with Crippen molar-refractivity contribution in [1.29, 1.82) is 0 Å². The largest absolute Gasteiger partial charge is 0.444 e. The van der Waals surface area contributed by atoms with Crippen molar-refractivity contribution in [3.05, 3.63) is 69.7 Å². The molecule has 6 heteroatoms. The summed E-state index contributed by atoms with van der Waals surface area (Å²) in [5, 5.41) is 0.382. The molecule has 3 rings (SSSR count). The highest BCUT2D eigenvalue weighted by atomic mass is 35.5. The van der Waals surface area contributed by atoms with Crippen molar-refractivity contribution >= 4 is 35.1 Å². The van der Waals surface area contributed by atoms with Crippen molar-refractivity contribution in [2.45, 2.75) is 18.9 Å². The van der Waals surface area contributed by atoms with Crippen LogP contribution in [0, 0.1) is 0 Å². The summed E-state index contributed by atoms with van der Waals surface area (Å²) in [6.07, 6.45) is 0.921. The van der Waals surface area contributed by atoms with Gasteiger partial charge in [0.25, 0.3) is 5.91 Å². The van der Waals surface area contributed by atoms with Gasteiger partial charge in [0.1, 0.15) is 0 Å². The average Bonchev–Trinajstić information content (AvgIpc) is 3.16. The Kier molecular flexibility index (Phi) is 5.61. The zero-order valence-corrected chi connectivity index (χ0v) is 15.0. The second-order valence-electron chi connectivity index (χ2n) is 5.83. The number of likely N-dealkylation sites (tertiary alicyclic amines) is 1. The highest BCUT2D eigenvalue weighted by Gasteiger charge is 2.31. The standard InChI is InChI=1S/C19H17Cl2NO3/c20-15-10-6-9-14(16(15)21)19(24)25-17(13-7-2-1-3-8-13)18(23)22-11-4-5-12-22/h1-3,6-10,17H,4-5,11-12H2/t17-/m1/s1. The summed E-state index contributed by atoms with van der Waals surface area (Å²) in [5.41, 5.74) is 0.773. The molecule has 25 heavy (non-hydrogen) atoms. The molecule has 1 saturated heterocycles. The van der Waals surface area contributed by atoms with E-state index in [-0.39, 0.29) is 21.5 Å². The van der Waals surface area contributed by atoms with E-state index in [1.54, 1.807) is 41.3 Å². The van der Waals surface area contributed by atoms with E-state index in [2.05, 4.69) is 0 Å². The lowest BCUT2D eigenvalue weighted by atomic mass is 10.1. The van der Waals surface area contributed by atoms with E-state index in [0.29, 0.717) is 18.7 Å². The number of hydrogen-bond acceptors (Lipinski definition) is 3. The number of amides is 1. The number of halogens is 2. The number of nitrogens with zero attached hydrogens (tertiary/aromatic N) is 1. The van der Waals surface area contributed by atoms with E-state index in [1.807, 2.05) is 6.07 Å². The summed E-state index contributed by atoms with van der Waals surface area (Å²) in [5.74, 6) is -0.885. The van der Waals surface area contributed by atoms with Gasteiger partial charge >= 0.3 is 5.97 Å². The maximum absolute atomic E-state index is 12.9. The van der Waals surface area contributed by atoms with Gasteiger partial charge in [-0.3, -0.25) is 4.79 Å². The van der Waals surface area contributed by atoms with Crippen molar-refractivity contribution in [3.63, 3.8) is 0 Å². The fraction of sp³-hybridized carbons (Fsp3) is 0.263. The Bertz CT molecular complexity index is 773. The Balaban J connectivity index is 1.88. The van der Waals surface area contributed by atoms with Gasteiger partial charge in [-0.25, -0.2) is 4.79 Å². The normalized spacial score (nSPS) is 15.0. The van der Waals surface area contributed by atoms with Crippen molar-refractivity contribution in [3.8, 4) is 0 Å². The van der Waals surface area contributed by atoms with Crippen molar-refractivity contribution in [2.24, 2.45) is 0 Å². The van der Waals surface area contributed by atoms with Gasteiger partial charge in [-0.15, -0.1) is 0 Å². The number of carbonyl (C=O) groups excluding carboxylic acids is 2. The van der Waals surface area contributed by atoms with Crippen molar-refractivity contribution < 1.29 is 14.3 Å². The Morgan fingerprint density at radius 2 is 1.64 bits per heavy atom. The molecule has 0 radical (unpaired) electrons. The van der Waals surface area contributed by atoms with E-state index in [1.165, 1.54) is 6.07 Å². The molecule has 0 N–H and O–H groups in total. The predicted octanol–water partition coefficient (Wildman–Crippen LogP) is 4.51. The topological polar surface area (TPSA) is 46.6 Å². The van der Waals surface area contributed by atoms with E-state index in [4.69, 9.17) is 27.9 Å². The van der Waals surface area contributed by atoms with Crippen LogP contribution in [0.4, 0.5) is 0 Å². The van der Waals surface area contributed by atoms with Crippen LogP contribution in [0.1, 0.15) is 34.9 Å². The minimum absolute atomic E-state index is 0.120. The molecule has 1 atom stereocenters. The zero-order chi connectivity index (χ0) is 17.8. The quantitative estimate of drug-likeness (QED) is 0.736. The average molecular weight is 378 g/mol. The molecule has 0 aliphatic carbocycles. The Hall–Kier alpha value is -2.04. The number of ether oxygens (including phenoxy) is 1. The molecule has 0 spiro atoms. The summed E-state index contributed by atoms with van der Waals surface area (Å²) >= 11 is 12.1. The molecular weight excluding hydrogens is 361 g/mol. The number of rotatable bonds is 4. The fourth-order valence-electron chi connectivity index (χ4n) is 2.82. The molecule has 1 heterocycles. The lowest BCUT2D eigenvalue weighted by Gasteiger charge is -2.23. The van der Waals surface area contributed by atoms with Crippen LogP contribution in [0.3, 0.4) is 0 Å². The van der Waals surface area contributed by atoms with Crippen LogP contribution in [0.5, 0.6) is 0 Å². The first-order valence-electron chi connectivity index (χ1n) is 8.06. The molecule has 0 saturated carbocycles. The molecule has 2 aromatic rings. The number of esters is 1. The van der Waals surface area contributed by atoms with Crippen molar-refractivity contribution in [2.75, 3.05) is 13.1 Å². The third-order valence-corrected chi connectivity index (χ3v) is 4.96. The molecule has 4 nitrogen and oxygen atoms in total. The maximum Gasteiger partial charge on any atom is 0.340 e. The Morgan fingerprint density at radius 1 is 0.960 bits per heavy atom. The Labute approximate surface area is 156 Å². The first-order valence-corrected chi connectivity index (χ1v) is 8.82. The molecule has 1 fully saturated rings. The van der Waals surface area contributed by atoms with Crippen LogP contribution in [-0.4, -0.2) is 29.9 Å². The minimum Gasteiger partial charge on any atom is -0.444 e. The Morgan fingerprint density at radius 3 is 2.32 bits per heavy atom. The summed E-state index contributed by atoms with van der Waals surface area (Å²) in [6.45, 7) is 1.36. The second-order valence-corrected chi connectivity index (χ2v) is 6.61. The van der Waals surface area contributed by atoms with Crippen LogP contribution in [0.2, 0.25) is 10.0 Å². The van der Waals surface area contributed by atoms with Crippen LogP contribution < -0.4 is 0 Å². The first-order chi connectivity index (χ1) is 12.1. The third-order valence-electron chi connectivity index (χ3n) is 4.14. The van der Waals surface area contributed by atoms with E-state index < -0.39 is 12.1 Å². The number of carbonyl (C=O) groups is 2. The maximum atomic E-state index is 12.9. The van der Waals surface area contributed by atoms with E-state index in [0.717, 1.165) is 12.8 Å². The van der Waals surface area contributed by atoms with Crippen LogP contribution in [0.15, 0.2) is 48.5 Å². The molecule has 0 unspecified atom stereocenters. The molecule has 1 aliphatic rings. The molecule has 0 aromatic heterocycles. The lowest BCUT2D eigenvalue weighted by Crippen LogP contribution is -2.34. The van der Waals surface area contributed by atoms with E-state index >= 15 is 0 Å². The van der Waals surface area contributed by atoms with Crippen molar-refractivity contribution in [1.82, 2.24) is 4.90 Å². The van der Waals surface area contributed by atoms with E-state index in [9.17, 15) is 9.59 Å². The fourth-order valence-corrected chi connectivity index (χ4v) is 3.20. The van der Waals surface area contributed by atoms with Gasteiger partial charge < -0.3 is 9.64 Å². The van der Waals surface area contributed by atoms with Gasteiger partial charge in [-0.1, -0.05) is 59.6 Å². The SMILES string of the molecule is O=C(O[C@@H](C(=O)N1CCCC1)c1ccccc1)c1cccc(Cl)c1Cl. The van der Waals surface area contributed by atoms with Crippen LogP contribution >= 0.6 is 23.2 Å². The van der Waals surface area contributed by atoms with Gasteiger partial charge in [-0.2, -0.15) is 0 Å². The molecule has 1 aliphatic heterocycles. The summed E-state index contributed by atoms with van der Waals surface area (Å²) in [7, 11) is 0. The highest BCUT2D eigenvalue weighted by Crippen LogP contribution is 2.29. The summed E-state index contributed by atoms with van der Waals surface area (Å²) in [4.78, 5) is 27.2.